The summed E-state index contributed by atoms with van der Waals surface area (Å²) in [4.78, 5) is 0. The summed E-state index contributed by atoms with van der Waals surface area (Å²) in [5, 5.41) is 10.1. The van der Waals surface area contributed by atoms with E-state index in [2.05, 4.69) is 182 Å². The summed E-state index contributed by atoms with van der Waals surface area (Å²) >= 11 is 0. The molecule has 0 saturated heterocycles. The minimum Gasteiger partial charge on any atom is -0.0616 e. The van der Waals surface area contributed by atoms with E-state index in [1.165, 1.54) is 87.6 Å². The molecule has 0 aliphatic heterocycles. The molecule has 0 radical (unpaired) electrons. The Kier molecular flexibility index (Phi) is 6.25. The van der Waals surface area contributed by atoms with Crippen LogP contribution in [0.2, 0.25) is 0 Å². The molecule has 0 aliphatic rings. The average Bonchev–Trinajstić information content (AvgIpc) is 3.13. The Morgan fingerprint density at radius 3 is 0.870 bits per heavy atom. The van der Waals surface area contributed by atoms with Gasteiger partial charge in [-0.05, 0) is 99.7 Å². The molecule has 0 heterocycles. The third-order valence-electron chi connectivity index (χ3n) is 9.48. The van der Waals surface area contributed by atoms with Crippen molar-refractivity contribution in [2.24, 2.45) is 0 Å². The molecule has 214 valence electrons. The second-order valence-corrected chi connectivity index (χ2v) is 12.1. The maximum Gasteiger partial charge on any atom is -0.00926 e. The maximum absolute atomic E-state index is 2.39. The summed E-state index contributed by atoms with van der Waals surface area (Å²) in [5.74, 6) is 0. The van der Waals surface area contributed by atoms with Crippen molar-refractivity contribution in [3.05, 3.63) is 182 Å². The van der Waals surface area contributed by atoms with Gasteiger partial charge < -0.3 is 0 Å². The summed E-state index contributed by atoms with van der Waals surface area (Å²) in [7, 11) is 0. The molecule has 0 bridgehead atoms. The SMILES string of the molecule is c1ccc(-c2ccc(-c3ccccc3-c3cccc4ccccc34)c3cc4ccccc4cc23)c(-c2cccc3ccccc23)c1. The molecule has 0 saturated carbocycles. The monoisotopic (exact) mass is 582 g/mol. The molecular weight excluding hydrogens is 553 g/mol. The number of fused-ring (bicyclic) bond motifs is 4. The van der Waals surface area contributed by atoms with Gasteiger partial charge in [0.2, 0.25) is 0 Å². The van der Waals surface area contributed by atoms with Crippen LogP contribution in [0.15, 0.2) is 182 Å². The minimum absolute atomic E-state index is 1.24. The molecule has 0 N–H and O–H groups in total. The van der Waals surface area contributed by atoms with Crippen LogP contribution in [0.5, 0.6) is 0 Å². The van der Waals surface area contributed by atoms with Gasteiger partial charge in [0.05, 0.1) is 0 Å². The Morgan fingerprint density at radius 2 is 0.457 bits per heavy atom. The number of hydrogen-bond donors (Lipinski definition) is 0. The van der Waals surface area contributed by atoms with Gasteiger partial charge in [-0.1, -0.05) is 170 Å². The van der Waals surface area contributed by atoms with Crippen molar-refractivity contribution < 1.29 is 0 Å². The van der Waals surface area contributed by atoms with Gasteiger partial charge in [0.15, 0.2) is 0 Å². The van der Waals surface area contributed by atoms with Crippen LogP contribution < -0.4 is 0 Å². The van der Waals surface area contributed by atoms with Crippen LogP contribution in [-0.2, 0) is 0 Å². The van der Waals surface area contributed by atoms with Crippen molar-refractivity contribution in [3.8, 4) is 44.5 Å². The summed E-state index contributed by atoms with van der Waals surface area (Å²) in [5.41, 5.74) is 9.99. The van der Waals surface area contributed by atoms with Crippen LogP contribution in [0, 0.1) is 0 Å². The fourth-order valence-corrected chi connectivity index (χ4v) is 7.33. The van der Waals surface area contributed by atoms with Crippen molar-refractivity contribution in [2.75, 3.05) is 0 Å². The van der Waals surface area contributed by atoms with Crippen molar-refractivity contribution in [3.63, 3.8) is 0 Å². The van der Waals surface area contributed by atoms with Gasteiger partial charge in [0, 0.05) is 0 Å². The Hall–Kier alpha value is -5.98. The summed E-state index contributed by atoms with van der Waals surface area (Å²) in [6, 6.07) is 66.6. The maximum atomic E-state index is 2.39. The van der Waals surface area contributed by atoms with E-state index >= 15 is 0 Å². The standard InChI is InChI=1S/C46H30/c1-2-16-34-30-46-44(42-24-10-8-22-40(42)38-26-12-18-32-14-4-6-20-36(32)38)28-27-43(45(46)29-33(34)15-1)41-23-9-7-21-39(41)37-25-11-17-31-13-3-5-19-35(31)37/h1-30H. The lowest BCUT2D eigenvalue weighted by molar-refractivity contribution is 1.60. The number of rotatable bonds is 4. The first-order chi connectivity index (χ1) is 22.8. The molecule has 0 amide bonds. The van der Waals surface area contributed by atoms with Crippen LogP contribution >= 0.6 is 0 Å². The third-order valence-corrected chi connectivity index (χ3v) is 9.48. The molecule has 0 unspecified atom stereocenters. The molecule has 0 spiro atoms. The minimum atomic E-state index is 1.24. The summed E-state index contributed by atoms with van der Waals surface area (Å²) < 4.78 is 0. The van der Waals surface area contributed by atoms with Gasteiger partial charge in [-0.3, -0.25) is 0 Å². The van der Waals surface area contributed by atoms with E-state index in [1.54, 1.807) is 0 Å². The van der Waals surface area contributed by atoms with Gasteiger partial charge in [-0.25, -0.2) is 0 Å². The molecule has 0 heteroatoms. The fourth-order valence-electron chi connectivity index (χ4n) is 7.33. The smallest absolute Gasteiger partial charge is 0.00926 e. The van der Waals surface area contributed by atoms with Gasteiger partial charge in [0.25, 0.3) is 0 Å². The molecule has 9 rings (SSSR count). The lowest BCUT2D eigenvalue weighted by Gasteiger charge is -2.19. The molecule has 0 aliphatic carbocycles. The van der Waals surface area contributed by atoms with Crippen LogP contribution in [-0.4, -0.2) is 0 Å². The summed E-state index contributed by atoms with van der Waals surface area (Å²) in [6.45, 7) is 0. The van der Waals surface area contributed by atoms with Crippen molar-refractivity contribution in [1.29, 1.82) is 0 Å². The summed E-state index contributed by atoms with van der Waals surface area (Å²) in [6.07, 6.45) is 0. The highest BCUT2D eigenvalue weighted by Gasteiger charge is 2.17. The fraction of sp³-hybridized carbons (Fsp3) is 0. The normalized spacial score (nSPS) is 11.5. The molecule has 0 aromatic heterocycles. The molecule has 0 nitrogen and oxygen atoms in total. The molecule has 0 fully saturated rings. The van der Waals surface area contributed by atoms with Gasteiger partial charge in [0.1, 0.15) is 0 Å². The van der Waals surface area contributed by atoms with E-state index in [9.17, 15) is 0 Å². The highest BCUT2D eigenvalue weighted by atomic mass is 14.2. The van der Waals surface area contributed by atoms with E-state index < -0.39 is 0 Å². The Labute approximate surface area is 268 Å². The van der Waals surface area contributed by atoms with Crippen LogP contribution in [0.3, 0.4) is 0 Å². The first kappa shape index (κ1) is 26.4. The first-order valence-electron chi connectivity index (χ1n) is 15.9. The zero-order valence-electron chi connectivity index (χ0n) is 25.3. The van der Waals surface area contributed by atoms with Crippen molar-refractivity contribution in [1.82, 2.24) is 0 Å². The van der Waals surface area contributed by atoms with Crippen LogP contribution in [0.25, 0.3) is 87.6 Å². The highest BCUT2D eigenvalue weighted by Crippen LogP contribution is 2.45. The first-order valence-corrected chi connectivity index (χ1v) is 15.9. The van der Waals surface area contributed by atoms with E-state index in [1.807, 2.05) is 0 Å². The lowest BCUT2D eigenvalue weighted by Crippen LogP contribution is -1.92. The Bertz CT molecular complexity index is 2400. The molecular formula is C46H30. The van der Waals surface area contributed by atoms with Crippen molar-refractivity contribution >= 4 is 43.1 Å². The van der Waals surface area contributed by atoms with Gasteiger partial charge >= 0.3 is 0 Å². The van der Waals surface area contributed by atoms with Crippen molar-refractivity contribution in [2.45, 2.75) is 0 Å². The predicted octanol–water partition coefficient (Wildman–Crippen LogP) is 13.0. The second-order valence-electron chi connectivity index (χ2n) is 12.1. The predicted molar refractivity (Wildman–Crippen MR) is 198 cm³/mol. The molecule has 9 aromatic carbocycles. The zero-order chi connectivity index (χ0) is 30.5. The highest BCUT2D eigenvalue weighted by molar-refractivity contribution is 6.14. The van der Waals surface area contributed by atoms with Gasteiger partial charge in [-0.2, -0.15) is 0 Å². The van der Waals surface area contributed by atoms with E-state index in [0.717, 1.165) is 0 Å². The largest absolute Gasteiger partial charge is 0.0616 e. The van der Waals surface area contributed by atoms with Crippen LogP contribution in [0.1, 0.15) is 0 Å². The lowest BCUT2D eigenvalue weighted by atomic mass is 9.85. The van der Waals surface area contributed by atoms with E-state index in [4.69, 9.17) is 0 Å². The topological polar surface area (TPSA) is 0 Å². The zero-order valence-corrected chi connectivity index (χ0v) is 25.3. The van der Waals surface area contributed by atoms with E-state index in [-0.39, 0.29) is 0 Å². The molecule has 46 heavy (non-hydrogen) atoms. The quantitative estimate of drug-likeness (QED) is 0.181. The number of hydrogen-bond acceptors (Lipinski definition) is 0. The average molecular weight is 583 g/mol. The molecule has 9 aromatic rings. The Balaban J connectivity index is 1.33. The number of benzene rings is 9. The third kappa shape index (κ3) is 4.30. The van der Waals surface area contributed by atoms with Crippen LogP contribution in [0.4, 0.5) is 0 Å². The molecule has 0 atom stereocenters. The van der Waals surface area contributed by atoms with E-state index in [0.29, 0.717) is 0 Å². The second kappa shape index (κ2) is 10.9. The Morgan fingerprint density at radius 1 is 0.174 bits per heavy atom. The van der Waals surface area contributed by atoms with Gasteiger partial charge in [-0.15, -0.1) is 0 Å².